The highest BCUT2D eigenvalue weighted by Gasteiger charge is 2.11. The number of aromatic nitrogens is 1. The molecular formula is C14H16N4O5S2. The van der Waals surface area contributed by atoms with Crippen molar-refractivity contribution in [3.8, 4) is 0 Å². The van der Waals surface area contributed by atoms with Crippen molar-refractivity contribution >= 4 is 49.9 Å². The third kappa shape index (κ3) is 6.39. The van der Waals surface area contributed by atoms with Crippen molar-refractivity contribution in [2.75, 3.05) is 28.7 Å². The molecule has 2 amide bonds. The van der Waals surface area contributed by atoms with E-state index in [2.05, 4.69) is 25.1 Å². The minimum absolute atomic E-state index is 0.00306. The van der Waals surface area contributed by atoms with Gasteiger partial charge in [-0.05, 0) is 18.2 Å². The van der Waals surface area contributed by atoms with Crippen molar-refractivity contribution in [1.82, 2.24) is 4.98 Å². The topological polar surface area (TPSA) is 126 Å². The molecule has 0 aliphatic heterocycles. The van der Waals surface area contributed by atoms with Crippen LogP contribution >= 0.6 is 11.3 Å². The summed E-state index contributed by atoms with van der Waals surface area (Å²) in [5.74, 6) is -0.327. The first-order valence-electron chi connectivity index (χ1n) is 6.92. The average Bonchev–Trinajstić information content (AvgIpc) is 2.92. The first kappa shape index (κ1) is 18.7. The minimum Gasteiger partial charge on any atom is -0.453 e. The van der Waals surface area contributed by atoms with E-state index < -0.39 is 16.1 Å². The molecule has 2 aromatic rings. The lowest BCUT2D eigenvalue weighted by molar-refractivity contribution is -0.115. The molecule has 0 atom stereocenters. The number of thiazole rings is 1. The van der Waals surface area contributed by atoms with Crippen molar-refractivity contribution in [1.29, 1.82) is 0 Å². The summed E-state index contributed by atoms with van der Waals surface area (Å²) in [5.41, 5.74) is 1.28. The molecular weight excluding hydrogens is 368 g/mol. The van der Waals surface area contributed by atoms with Crippen LogP contribution in [0.25, 0.3) is 0 Å². The van der Waals surface area contributed by atoms with Gasteiger partial charge in [0.1, 0.15) is 0 Å². The second-order valence-electron chi connectivity index (χ2n) is 4.94. The Bertz CT molecular complexity index is 879. The van der Waals surface area contributed by atoms with Crippen molar-refractivity contribution in [2.45, 2.75) is 6.42 Å². The molecule has 134 valence electrons. The normalized spacial score (nSPS) is 10.8. The number of ether oxygens (including phenoxy) is 1. The zero-order valence-electron chi connectivity index (χ0n) is 13.4. The molecule has 25 heavy (non-hydrogen) atoms. The lowest BCUT2D eigenvalue weighted by atomic mass is 10.2. The number of benzene rings is 1. The van der Waals surface area contributed by atoms with Gasteiger partial charge >= 0.3 is 6.09 Å². The van der Waals surface area contributed by atoms with Crippen LogP contribution in [0, 0.1) is 0 Å². The van der Waals surface area contributed by atoms with Gasteiger partial charge in [0, 0.05) is 11.1 Å². The highest BCUT2D eigenvalue weighted by atomic mass is 32.2. The number of nitrogens with one attached hydrogen (secondary N) is 3. The fourth-order valence-corrected chi connectivity index (χ4v) is 3.08. The number of methoxy groups -OCH3 is 1. The van der Waals surface area contributed by atoms with Crippen LogP contribution in [0.2, 0.25) is 0 Å². The van der Waals surface area contributed by atoms with Gasteiger partial charge in [-0.3, -0.25) is 14.8 Å². The Morgan fingerprint density at radius 2 is 1.96 bits per heavy atom. The number of anilines is 3. The SMILES string of the molecule is COC(=O)Nc1nc(CC(=O)Nc2cccc(NS(C)(=O)=O)c2)cs1. The summed E-state index contributed by atoms with van der Waals surface area (Å²) in [6.07, 6.45) is 0.407. The zero-order chi connectivity index (χ0) is 18.4. The van der Waals surface area contributed by atoms with Crippen LogP contribution < -0.4 is 15.4 Å². The molecule has 0 spiro atoms. The monoisotopic (exact) mass is 384 g/mol. The summed E-state index contributed by atoms with van der Waals surface area (Å²) in [6.45, 7) is 0. The van der Waals surface area contributed by atoms with Crippen molar-refractivity contribution in [3.05, 3.63) is 35.3 Å². The molecule has 0 aliphatic carbocycles. The van der Waals surface area contributed by atoms with E-state index in [1.54, 1.807) is 23.6 Å². The molecule has 1 aromatic heterocycles. The summed E-state index contributed by atoms with van der Waals surface area (Å²) in [5, 5.41) is 7.04. The second kappa shape index (κ2) is 7.94. The lowest BCUT2D eigenvalue weighted by Gasteiger charge is -2.08. The van der Waals surface area contributed by atoms with E-state index in [4.69, 9.17) is 0 Å². The molecule has 1 heterocycles. The lowest BCUT2D eigenvalue weighted by Crippen LogP contribution is -2.15. The Hall–Kier alpha value is -2.66. The van der Waals surface area contributed by atoms with Crippen LogP contribution in [-0.2, 0) is 26.0 Å². The van der Waals surface area contributed by atoms with Crippen molar-refractivity contribution in [3.63, 3.8) is 0 Å². The third-order valence-electron chi connectivity index (χ3n) is 2.74. The van der Waals surface area contributed by atoms with E-state index in [0.717, 1.165) is 6.26 Å². The van der Waals surface area contributed by atoms with E-state index in [9.17, 15) is 18.0 Å². The molecule has 0 aliphatic rings. The van der Waals surface area contributed by atoms with Gasteiger partial charge in [0.15, 0.2) is 5.13 Å². The molecule has 0 saturated carbocycles. The molecule has 9 nitrogen and oxygen atoms in total. The van der Waals surface area contributed by atoms with E-state index in [1.807, 2.05) is 0 Å². The van der Waals surface area contributed by atoms with Crippen LogP contribution in [0.1, 0.15) is 5.69 Å². The number of nitrogens with zero attached hydrogens (tertiary/aromatic N) is 1. The van der Waals surface area contributed by atoms with Crippen molar-refractivity contribution in [2.24, 2.45) is 0 Å². The van der Waals surface area contributed by atoms with Gasteiger partial charge in [0.05, 0.1) is 31.2 Å². The molecule has 0 unspecified atom stereocenters. The van der Waals surface area contributed by atoms with Gasteiger partial charge in [-0.15, -0.1) is 11.3 Å². The first-order valence-corrected chi connectivity index (χ1v) is 9.69. The largest absolute Gasteiger partial charge is 0.453 e. The predicted octanol–water partition coefficient (Wildman–Crippen LogP) is 1.87. The van der Waals surface area contributed by atoms with Gasteiger partial charge in [0.25, 0.3) is 0 Å². The molecule has 3 N–H and O–H groups in total. The predicted molar refractivity (Wildman–Crippen MR) is 95.4 cm³/mol. The smallest absolute Gasteiger partial charge is 0.413 e. The maximum Gasteiger partial charge on any atom is 0.413 e. The summed E-state index contributed by atoms with van der Waals surface area (Å²) in [4.78, 5) is 27.3. The minimum atomic E-state index is -3.40. The average molecular weight is 384 g/mol. The maximum absolute atomic E-state index is 12.1. The van der Waals surface area contributed by atoms with Gasteiger partial charge in [-0.2, -0.15) is 0 Å². The summed E-state index contributed by atoms with van der Waals surface area (Å²) >= 11 is 1.17. The van der Waals surface area contributed by atoms with Crippen molar-refractivity contribution < 1.29 is 22.7 Å². The summed E-state index contributed by atoms with van der Waals surface area (Å²) in [6, 6.07) is 6.33. The van der Waals surface area contributed by atoms with Gasteiger partial charge in [0.2, 0.25) is 15.9 Å². The van der Waals surface area contributed by atoms with E-state index >= 15 is 0 Å². The Labute approximate surface area is 148 Å². The number of hydrogen-bond donors (Lipinski definition) is 3. The van der Waals surface area contributed by atoms with Crippen LogP contribution in [0.15, 0.2) is 29.6 Å². The molecule has 0 radical (unpaired) electrons. The Morgan fingerprint density at radius 3 is 2.64 bits per heavy atom. The quantitative estimate of drug-likeness (QED) is 0.698. The molecule has 0 fully saturated rings. The number of hydrogen-bond acceptors (Lipinski definition) is 7. The molecule has 0 saturated heterocycles. The summed E-state index contributed by atoms with van der Waals surface area (Å²) < 4.78 is 29.3. The van der Waals surface area contributed by atoms with E-state index in [0.29, 0.717) is 22.2 Å². The van der Waals surface area contributed by atoms with Crippen LogP contribution in [0.5, 0.6) is 0 Å². The maximum atomic E-state index is 12.1. The number of carbonyl (C=O) groups excluding carboxylic acids is 2. The standard InChI is InChI=1S/C14H16N4O5S2/c1-23-14(20)17-13-16-11(8-24-13)7-12(19)15-9-4-3-5-10(6-9)18-25(2,21)22/h3-6,8,18H,7H2,1-2H3,(H,15,19)(H,16,17,20). The highest BCUT2D eigenvalue weighted by molar-refractivity contribution is 7.92. The summed E-state index contributed by atoms with van der Waals surface area (Å²) in [7, 11) is -2.16. The Balaban J connectivity index is 1.96. The number of rotatable bonds is 6. The van der Waals surface area contributed by atoms with E-state index in [-0.39, 0.29) is 12.3 Å². The van der Waals surface area contributed by atoms with Crippen LogP contribution in [0.4, 0.5) is 21.3 Å². The van der Waals surface area contributed by atoms with Gasteiger partial charge < -0.3 is 10.1 Å². The van der Waals surface area contributed by atoms with E-state index in [1.165, 1.54) is 24.5 Å². The van der Waals surface area contributed by atoms with Crippen LogP contribution in [0.3, 0.4) is 0 Å². The number of carbonyl (C=O) groups is 2. The molecule has 2 rings (SSSR count). The fourth-order valence-electron chi connectivity index (χ4n) is 1.83. The fraction of sp³-hybridized carbons (Fsp3) is 0.214. The Morgan fingerprint density at radius 1 is 1.24 bits per heavy atom. The first-order chi connectivity index (χ1) is 11.7. The molecule has 1 aromatic carbocycles. The Kier molecular flexibility index (Phi) is 5.93. The zero-order valence-corrected chi connectivity index (χ0v) is 15.0. The van der Waals surface area contributed by atoms with Gasteiger partial charge in [-0.25, -0.2) is 18.2 Å². The molecule has 11 heteroatoms. The second-order valence-corrected chi connectivity index (χ2v) is 7.55. The highest BCUT2D eigenvalue weighted by Crippen LogP contribution is 2.18. The van der Waals surface area contributed by atoms with Gasteiger partial charge in [-0.1, -0.05) is 6.07 Å². The molecule has 0 bridgehead atoms. The number of amides is 2. The third-order valence-corrected chi connectivity index (χ3v) is 4.15. The van der Waals surface area contributed by atoms with Crippen LogP contribution in [-0.4, -0.2) is 38.8 Å². The number of sulfonamides is 1.